The standard InChI is InChI=1S/C13H15ClN2O4S/c1-9-13(10(2)20-16-9)21(17,18)15-7-8-19-12-6-4-3-5-11(12)14/h3-6,15H,7-8H2,1-2H3. The fourth-order valence-electron chi connectivity index (χ4n) is 1.83. The van der Waals surface area contributed by atoms with E-state index in [2.05, 4.69) is 9.88 Å². The number of sulfonamides is 1. The van der Waals surface area contributed by atoms with Crippen molar-refractivity contribution in [1.29, 1.82) is 0 Å². The van der Waals surface area contributed by atoms with Gasteiger partial charge in [0.05, 0.1) is 5.02 Å². The number of hydrogen-bond acceptors (Lipinski definition) is 5. The molecule has 1 heterocycles. The predicted octanol–water partition coefficient (Wildman–Crippen LogP) is 2.30. The topological polar surface area (TPSA) is 81.4 Å². The average molecular weight is 331 g/mol. The summed E-state index contributed by atoms with van der Waals surface area (Å²) in [6, 6.07) is 6.99. The summed E-state index contributed by atoms with van der Waals surface area (Å²) in [6.45, 7) is 3.39. The second-order valence-corrected chi connectivity index (χ2v) is 6.44. The highest BCUT2D eigenvalue weighted by molar-refractivity contribution is 7.89. The van der Waals surface area contributed by atoms with Crippen molar-refractivity contribution in [3.63, 3.8) is 0 Å². The predicted molar refractivity (Wildman–Crippen MR) is 78.1 cm³/mol. The molecule has 0 spiro atoms. The Morgan fingerprint density at radius 3 is 2.67 bits per heavy atom. The molecule has 0 bridgehead atoms. The van der Waals surface area contributed by atoms with E-state index in [-0.39, 0.29) is 23.8 Å². The van der Waals surface area contributed by atoms with Crippen LogP contribution in [0.15, 0.2) is 33.7 Å². The molecule has 0 amide bonds. The van der Waals surface area contributed by atoms with Gasteiger partial charge in [-0.15, -0.1) is 0 Å². The van der Waals surface area contributed by atoms with Crippen LogP contribution in [-0.4, -0.2) is 26.7 Å². The normalized spacial score (nSPS) is 11.6. The Morgan fingerprint density at radius 1 is 1.33 bits per heavy atom. The van der Waals surface area contributed by atoms with Gasteiger partial charge in [-0.25, -0.2) is 13.1 Å². The minimum absolute atomic E-state index is 0.0697. The number of ether oxygens (including phenoxy) is 1. The smallest absolute Gasteiger partial charge is 0.246 e. The quantitative estimate of drug-likeness (QED) is 0.822. The van der Waals surface area contributed by atoms with Crippen LogP contribution in [0.1, 0.15) is 11.5 Å². The Labute approximate surface area is 128 Å². The van der Waals surface area contributed by atoms with Gasteiger partial charge < -0.3 is 9.26 Å². The minimum atomic E-state index is -3.66. The Bertz CT molecular complexity index is 708. The van der Waals surface area contributed by atoms with Crippen molar-refractivity contribution in [2.75, 3.05) is 13.2 Å². The van der Waals surface area contributed by atoms with Gasteiger partial charge in [-0.2, -0.15) is 0 Å². The van der Waals surface area contributed by atoms with Gasteiger partial charge in [-0.3, -0.25) is 0 Å². The minimum Gasteiger partial charge on any atom is -0.491 e. The highest BCUT2D eigenvalue weighted by atomic mass is 35.5. The van der Waals surface area contributed by atoms with Gasteiger partial charge in [-0.05, 0) is 26.0 Å². The van der Waals surface area contributed by atoms with Crippen LogP contribution in [0.25, 0.3) is 0 Å². The summed E-state index contributed by atoms with van der Waals surface area (Å²) >= 11 is 5.93. The number of nitrogens with zero attached hydrogens (tertiary/aromatic N) is 1. The molecule has 0 saturated carbocycles. The number of aromatic nitrogens is 1. The monoisotopic (exact) mass is 330 g/mol. The molecule has 2 aromatic rings. The van der Waals surface area contributed by atoms with E-state index in [9.17, 15) is 8.42 Å². The lowest BCUT2D eigenvalue weighted by molar-refractivity contribution is 0.323. The first-order valence-electron chi connectivity index (χ1n) is 6.21. The van der Waals surface area contributed by atoms with Gasteiger partial charge in [0.2, 0.25) is 10.0 Å². The van der Waals surface area contributed by atoms with Crippen LogP contribution in [0.4, 0.5) is 0 Å². The summed E-state index contributed by atoms with van der Waals surface area (Å²) in [4.78, 5) is 0.0697. The molecule has 1 aromatic carbocycles. The van der Waals surface area contributed by atoms with Crippen LogP contribution in [0.5, 0.6) is 5.75 Å². The molecule has 0 aliphatic rings. The SMILES string of the molecule is Cc1noc(C)c1S(=O)(=O)NCCOc1ccccc1Cl. The number of benzene rings is 1. The van der Waals surface area contributed by atoms with E-state index in [1.165, 1.54) is 0 Å². The molecule has 21 heavy (non-hydrogen) atoms. The zero-order valence-electron chi connectivity index (χ0n) is 11.6. The first kappa shape index (κ1) is 15.8. The summed E-state index contributed by atoms with van der Waals surface area (Å²) < 4.78 is 36.9. The summed E-state index contributed by atoms with van der Waals surface area (Å²) in [6.07, 6.45) is 0. The highest BCUT2D eigenvalue weighted by Gasteiger charge is 2.23. The zero-order valence-corrected chi connectivity index (χ0v) is 13.2. The van der Waals surface area contributed by atoms with Crippen molar-refractivity contribution in [1.82, 2.24) is 9.88 Å². The van der Waals surface area contributed by atoms with E-state index in [0.717, 1.165) is 0 Å². The third kappa shape index (κ3) is 3.75. The molecular weight excluding hydrogens is 316 g/mol. The first-order chi connectivity index (χ1) is 9.92. The lowest BCUT2D eigenvalue weighted by atomic mass is 10.3. The van der Waals surface area contributed by atoms with Crippen LogP contribution in [-0.2, 0) is 10.0 Å². The van der Waals surface area contributed by atoms with Gasteiger partial charge in [0.25, 0.3) is 0 Å². The van der Waals surface area contributed by atoms with E-state index in [1.807, 2.05) is 0 Å². The van der Waals surface area contributed by atoms with Gasteiger partial charge in [-0.1, -0.05) is 28.9 Å². The Hall–Kier alpha value is -1.57. The molecule has 0 aliphatic heterocycles. The van der Waals surface area contributed by atoms with Crippen molar-refractivity contribution in [3.8, 4) is 5.75 Å². The van der Waals surface area contributed by atoms with Crippen LogP contribution in [0.3, 0.4) is 0 Å². The molecule has 0 radical (unpaired) electrons. The maximum Gasteiger partial charge on any atom is 0.246 e. The summed E-state index contributed by atoms with van der Waals surface area (Å²) in [7, 11) is -3.66. The largest absolute Gasteiger partial charge is 0.491 e. The van der Waals surface area contributed by atoms with Crippen LogP contribution < -0.4 is 9.46 Å². The fraction of sp³-hybridized carbons (Fsp3) is 0.308. The lowest BCUT2D eigenvalue weighted by Crippen LogP contribution is -2.29. The number of aryl methyl sites for hydroxylation is 2. The molecule has 6 nitrogen and oxygen atoms in total. The van der Waals surface area contributed by atoms with E-state index in [0.29, 0.717) is 16.5 Å². The summed E-state index contributed by atoms with van der Waals surface area (Å²) in [5.74, 6) is 0.766. The maximum absolute atomic E-state index is 12.1. The van der Waals surface area contributed by atoms with Gasteiger partial charge >= 0.3 is 0 Å². The first-order valence-corrected chi connectivity index (χ1v) is 8.08. The third-order valence-electron chi connectivity index (χ3n) is 2.72. The molecule has 0 saturated heterocycles. The molecule has 0 atom stereocenters. The molecule has 1 aromatic heterocycles. The molecule has 0 unspecified atom stereocenters. The van der Waals surface area contributed by atoms with Crippen LogP contribution in [0, 0.1) is 13.8 Å². The van der Waals surface area contributed by atoms with Crippen molar-refractivity contribution in [2.45, 2.75) is 18.7 Å². The molecule has 2 rings (SSSR count). The molecular formula is C13H15ClN2O4S. The Balaban J connectivity index is 1.93. The summed E-state index contributed by atoms with van der Waals surface area (Å²) in [5, 5.41) is 4.10. The molecule has 0 fully saturated rings. The van der Waals surface area contributed by atoms with Gasteiger partial charge in [0.15, 0.2) is 5.76 Å². The number of hydrogen-bond donors (Lipinski definition) is 1. The van der Waals surface area contributed by atoms with E-state index < -0.39 is 10.0 Å². The van der Waals surface area contributed by atoms with Crippen LogP contribution >= 0.6 is 11.6 Å². The lowest BCUT2D eigenvalue weighted by Gasteiger charge is -2.09. The fourth-order valence-corrected chi connectivity index (χ4v) is 3.36. The van der Waals surface area contributed by atoms with Crippen molar-refractivity contribution >= 4 is 21.6 Å². The molecule has 114 valence electrons. The molecule has 0 aliphatic carbocycles. The van der Waals surface area contributed by atoms with Crippen molar-refractivity contribution in [2.24, 2.45) is 0 Å². The van der Waals surface area contributed by atoms with E-state index >= 15 is 0 Å². The van der Waals surface area contributed by atoms with E-state index in [1.54, 1.807) is 38.1 Å². The average Bonchev–Trinajstić information content (AvgIpc) is 2.77. The van der Waals surface area contributed by atoms with E-state index in [4.69, 9.17) is 20.9 Å². The molecule has 8 heteroatoms. The summed E-state index contributed by atoms with van der Waals surface area (Å²) in [5.41, 5.74) is 0.326. The number of rotatable bonds is 6. The maximum atomic E-state index is 12.1. The number of halogens is 1. The highest BCUT2D eigenvalue weighted by Crippen LogP contribution is 2.23. The third-order valence-corrected chi connectivity index (χ3v) is 4.74. The van der Waals surface area contributed by atoms with Crippen molar-refractivity contribution < 1.29 is 17.7 Å². The van der Waals surface area contributed by atoms with Crippen LogP contribution in [0.2, 0.25) is 5.02 Å². The van der Waals surface area contributed by atoms with Crippen molar-refractivity contribution in [3.05, 3.63) is 40.7 Å². The zero-order chi connectivity index (χ0) is 15.5. The second kappa shape index (κ2) is 6.46. The Kier molecular flexibility index (Phi) is 4.87. The van der Waals surface area contributed by atoms with Gasteiger partial charge in [0, 0.05) is 6.54 Å². The number of para-hydroxylation sites is 1. The second-order valence-electron chi connectivity index (χ2n) is 4.33. The van der Waals surface area contributed by atoms with Gasteiger partial charge in [0.1, 0.15) is 22.9 Å². The number of nitrogens with one attached hydrogen (secondary N) is 1. The Morgan fingerprint density at radius 2 is 2.05 bits per heavy atom. The molecule has 1 N–H and O–H groups in total.